The third-order valence-corrected chi connectivity index (χ3v) is 6.83. The van der Waals surface area contributed by atoms with Gasteiger partial charge in [0.15, 0.2) is 11.5 Å². The van der Waals surface area contributed by atoms with Crippen LogP contribution in [0, 0.1) is 18.8 Å². The van der Waals surface area contributed by atoms with Crippen molar-refractivity contribution in [3.63, 3.8) is 0 Å². The number of hydrogen-bond donors (Lipinski definition) is 1. The van der Waals surface area contributed by atoms with Crippen LogP contribution in [0.5, 0.6) is 5.88 Å². The van der Waals surface area contributed by atoms with Crippen LogP contribution in [0.2, 0.25) is 0 Å². The zero-order valence-corrected chi connectivity index (χ0v) is 17.7. The van der Waals surface area contributed by atoms with E-state index in [1.165, 1.54) is 12.8 Å². The second-order valence-corrected chi connectivity index (χ2v) is 9.35. The van der Waals surface area contributed by atoms with Gasteiger partial charge < -0.3 is 24.2 Å². The lowest BCUT2D eigenvalue weighted by atomic mass is 9.82. The van der Waals surface area contributed by atoms with Gasteiger partial charge in [-0.2, -0.15) is 4.98 Å². The maximum Gasteiger partial charge on any atom is 0.272 e. The summed E-state index contributed by atoms with van der Waals surface area (Å²) in [6.45, 7) is 4.69. The van der Waals surface area contributed by atoms with Crippen LogP contribution in [-0.2, 0) is 4.74 Å². The minimum Gasteiger partial charge on any atom is -0.477 e. The number of nitrogens with one attached hydrogen (secondary N) is 1. The Bertz CT molecular complexity index is 990. The molecular weight excluding hydrogens is 398 g/mol. The average Bonchev–Trinajstić information content (AvgIpc) is 3.62. The van der Waals surface area contributed by atoms with Gasteiger partial charge in [0.25, 0.3) is 5.91 Å². The Labute approximate surface area is 180 Å². The zero-order valence-electron chi connectivity index (χ0n) is 17.7. The molecule has 2 aliphatic heterocycles. The van der Waals surface area contributed by atoms with E-state index in [0.29, 0.717) is 54.9 Å². The number of ether oxygens (including phenoxy) is 2. The molecule has 2 aromatic heterocycles. The molecule has 2 aliphatic carbocycles. The number of aromatic nitrogens is 3. The smallest absolute Gasteiger partial charge is 0.272 e. The Morgan fingerprint density at radius 3 is 2.71 bits per heavy atom. The van der Waals surface area contributed by atoms with Crippen LogP contribution < -0.4 is 15.0 Å². The maximum atomic E-state index is 13.5. The number of amides is 1. The van der Waals surface area contributed by atoms with Gasteiger partial charge in [0.05, 0.1) is 37.1 Å². The van der Waals surface area contributed by atoms with Gasteiger partial charge in [0.2, 0.25) is 11.8 Å². The molecule has 0 radical (unpaired) electrons. The molecule has 1 unspecified atom stereocenters. The van der Waals surface area contributed by atoms with E-state index in [9.17, 15) is 4.79 Å². The normalized spacial score (nSPS) is 22.5. The van der Waals surface area contributed by atoms with Crippen molar-refractivity contribution in [1.82, 2.24) is 20.4 Å². The second kappa shape index (κ2) is 7.19. The van der Waals surface area contributed by atoms with Gasteiger partial charge in [-0.05, 0) is 50.0 Å². The summed E-state index contributed by atoms with van der Waals surface area (Å²) in [6.07, 6.45) is 5.55. The fourth-order valence-electron chi connectivity index (χ4n) is 4.41. The number of pyridine rings is 1. The van der Waals surface area contributed by atoms with Crippen LogP contribution in [0.3, 0.4) is 0 Å². The first-order valence-corrected chi connectivity index (χ1v) is 11.2. The Kier molecular flexibility index (Phi) is 4.41. The number of nitrogens with zero attached hydrogens (tertiary/aromatic N) is 4. The van der Waals surface area contributed by atoms with Crippen molar-refractivity contribution in [2.45, 2.75) is 50.6 Å². The lowest BCUT2D eigenvalue weighted by molar-refractivity contribution is -0.0848. The second-order valence-electron chi connectivity index (χ2n) is 9.35. The van der Waals surface area contributed by atoms with E-state index < -0.39 is 0 Å². The van der Waals surface area contributed by atoms with E-state index in [0.717, 1.165) is 31.5 Å². The molecule has 1 atom stereocenters. The molecule has 2 saturated heterocycles. The Morgan fingerprint density at radius 2 is 2.13 bits per heavy atom. The molecule has 164 valence electrons. The predicted molar refractivity (Wildman–Crippen MR) is 110 cm³/mol. The average molecular weight is 425 g/mol. The summed E-state index contributed by atoms with van der Waals surface area (Å²) in [4.78, 5) is 24.7. The topological polar surface area (TPSA) is 103 Å². The molecule has 9 heteroatoms. The molecule has 6 rings (SSSR count). The number of rotatable bonds is 8. The molecule has 31 heavy (non-hydrogen) atoms. The van der Waals surface area contributed by atoms with Crippen molar-refractivity contribution in [3.8, 4) is 5.88 Å². The third-order valence-electron chi connectivity index (χ3n) is 6.83. The molecule has 4 fully saturated rings. The molecule has 2 saturated carbocycles. The van der Waals surface area contributed by atoms with Crippen LogP contribution >= 0.6 is 0 Å². The minimum atomic E-state index is -0.270. The largest absolute Gasteiger partial charge is 0.477 e. The summed E-state index contributed by atoms with van der Waals surface area (Å²) in [5, 5.41) is 7.19. The molecule has 4 heterocycles. The fourth-order valence-corrected chi connectivity index (χ4v) is 4.41. The quantitative estimate of drug-likeness (QED) is 0.688. The molecule has 9 nitrogen and oxygen atoms in total. The van der Waals surface area contributed by atoms with Gasteiger partial charge in [-0.1, -0.05) is 5.16 Å². The maximum absolute atomic E-state index is 13.5. The highest BCUT2D eigenvalue weighted by Crippen LogP contribution is 2.43. The van der Waals surface area contributed by atoms with Crippen molar-refractivity contribution in [2.24, 2.45) is 11.8 Å². The van der Waals surface area contributed by atoms with Gasteiger partial charge >= 0.3 is 0 Å². The fraction of sp³-hybridized carbons (Fsp3) is 0.636. The number of carbonyl (C=O) groups excluding carboxylic acids is 1. The van der Waals surface area contributed by atoms with E-state index in [-0.39, 0.29) is 17.5 Å². The lowest BCUT2D eigenvalue weighted by Gasteiger charge is -2.59. The van der Waals surface area contributed by atoms with E-state index in [4.69, 9.17) is 14.0 Å². The first kappa shape index (κ1) is 19.0. The Balaban J connectivity index is 1.28. The summed E-state index contributed by atoms with van der Waals surface area (Å²) in [5.41, 5.74) is 1.24. The summed E-state index contributed by atoms with van der Waals surface area (Å²) in [6, 6.07) is 3.57. The van der Waals surface area contributed by atoms with Crippen molar-refractivity contribution >= 4 is 11.6 Å². The van der Waals surface area contributed by atoms with Crippen molar-refractivity contribution < 1.29 is 18.8 Å². The van der Waals surface area contributed by atoms with Crippen LogP contribution in [-0.4, -0.2) is 52.9 Å². The van der Waals surface area contributed by atoms with Crippen molar-refractivity contribution in [2.75, 3.05) is 31.3 Å². The molecule has 1 spiro atoms. The van der Waals surface area contributed by atoms with Crippen LogP contribution in [0.25, 0.3) is 0 Å². The van der Waals surface area contributed by atoms with Crippen molar-refractivity contribution in [1.29, 1.82) is 0 Å². The molecule has 1 amide bonds. The van der Waals surface area contributed by atoms with Crippen LogP contribution in [0.15, 0.2) is 16.7 Å². The SMILES string of the molecule is Cc1nc(C(NC(=O)c2nc(OCC3CC3)ccc2N2CCC23COC3)C2CC2)no1. The molecular formula is C22H27N5O4. The first-order valence-electron chi connectivity index (χ1n) is 11.2. The standard InChI is InChI=1S/C22H27N5O4/c1-13-23-20(26-31-13)18(15-4-5-15)25-21(28)19-16(27-9-8-22(27)11-29-12-22)6-7-17(24-19)30-10-14-2-3-14/h6-7,14-15,18H,2-5,8-12H2,1H3,(H,25,28). The molecule has 4 aliphatic rings. The summed E-state index contributed by atoms with van der Waals surface area (Å²) < 4.78 is 16.5. The third kappa shape index (κ3) is 3.54. The number of aryl methyl sites for hydroxylation is 1. The highest BCUT2D eigenvalue weighted by molar-refractivity contribution is 5.98. The predicted octanol–water partition coefficient (Wildman–Crippen LogP) is 2.42. The van der Waals surface area contributed by atoms with Gasteiger partial charge in [-0.15, -0.1) is 0 Å². The minimum absolute atomic E-state index is 0.00771. The summed E-state index contributed by atoms with van der Waals surface area (Å²) >= 11 is 0. The zero-order chi connectivity index (χ0) is 21.0. The highest BCUT2D eigenvalue weighted by Gasteiger charge is 2.52. The van der Waals surface area contributed by atoms with Crippen LogP contribution in [0.1, 0.15) is 60.3 Å². The van der Waals surface area contributed by atoms with E-state index in [2.05, 4.69) is 25.3 Å². The van der Waals surface area contributed by atoms with E-state index >= 15 is 0 Å². The number of anilines is 1. The van der Waals surface area contributed by atoms with Gasteiger partial charge in [-0.25, -0.2) is 4.98 Å². The Morgan fingerprint density at radius 1 is 1.29 bits per heavy atom. The Hall–Kier alpha value is -2.68. The monoisotopic (exact) mass is 425 g/mol. The molecule has 0 aromatic carbocycles. The van der Waals surface area contributed by atoms with Gasteiger partial charge in [-0.3, -0.25) is 4.79 Å². The van der Waals surface area contributed by atoms with Crippen LogP contribution in [0.4, 0.5) is 5.69 Å². The summed E-state index contributed by atoms with van der Waals surface area (Å²) in [5.74, 6) is 2.24. The number of hydrogen-bond acceptors (Lipinski definition) is 8. The van der Waals surface area contributed by atoms with Gasteiger partial charge in [0, 0.05) is 19.5 Å². The number of carbonyl (C=O) groups is 1. The van der Waals surface area contributed by atoms with Crippen molar-refractivity contribution in [3.05, 3.63) is 29.5 Å². The van der Waals surface area contributed by atoms with E-state index in [1.807, 2.05) is 12.1 Å². The molecule has 1 N–H and O–H groups in total. The van der Waals surface area contributed by atoms with E-state index in [1.54, 1.807) is 6.92 Å². The molecule has 2 aromatic rings. The first-order chi connectivity index (χ1) is 15.1. The lowest BCUT2D eigenvalue weighted by Crippen LogP contribution is -2.71. The highest BCUT2D eigenvalue weighted by atomic mass is 16.5. The van der Waals surface area contributed by atoms with Gasteiger partial charge in [0.1, 0.15) is 0 Å². The summed E-state index contributed by atoms with van der Waals surface area (Å²) in [7, 11) is 0. The molecule has 0 bridgehead atoms.